The number of nitrogens with zero attached hydrogens (tertiary/aromatic N) is 5. The summed E-state index contributed by atoms with van der Waals surface area (Å²) in [6.45, 7) is 6.92. The molecule has 2 aromatic carbocycles. The van der Waals surface area contributed by atoms with Gasteiger partial charge in [-0.15, -0.1) is 0 Å². The third-order valence-corrected chi connectivity index (χ3v) is 6.82. The second-order valence-corrected chi connectivity index (χ2v) is 9.07. The lowest BCUT2D eigenvalue weighted by atomic mass is 10.1. The topological polar surface area (TPSA) is 103 Å². The molecule has 0 saturated carbocycles. The highest BCUT2D eigenvalue weighted by molar-refractivity contribution is 6.04. The van der Waals surface area contributed by atoms with Crippen molar-refractivity contribution < 1.29 is 14.4 Å². The summed E-state index contributed by atoms with van der Waals surface area (Å²) in [5, 5.41) is 6.46. The molecule has 10 nitrogen and oxygen atoms in total. The van der Waals surface area contributed by atoms with Gasteiger partial charge in [-0.25, -0.2) is 9.78 Å². The molecule has 0 atom stereocenters. The van der Waals surface area contributed by atoms with Gasteiger partial charge in [0.25, 0.3) is 5.91 Å². The third kappa shape index (κ3) is 6.06. The summed E-state index contributed by atoms with van der Waals surface area (Å²) < 4.78 is 1.57. The first kappa shape index (κ1) is 28.2. The minimum absolute atomic E-state index is 0.192. The molecule has 1 saturated heterocycles. The summed E-state index contributed by atoms with van der Waals surface area (Å²) in [6.07, 6.45) is 4.29. The van der Waals surface area contributed by atoms with Gasteiger partial charge in [0.1, 0.15) is 5.82 Å². The van der Waals surface area contributed by atoms with Crippen LogP contribution >= 0.6 is 0 Å². The van der Waals surface area contributed by atoms with Crippen LogP contribution in [0.15, 0.2) is 73.1 Å². The van der Waals surface area contributed by atoms with Crippen molar-refractivity contribution in [1.29, 1.82) is 0 Å². The van der Waals surface area contributed by atoms with Gasteiger partial charge in [-0.05, 0) is 54.6 Å². The van der Waals surface area contributed by atoms with Crippen LogP contribution in [-0.4, -0.2) is 73.1 Å². The number of nitrogens with one attached hydrogen (secondary N) is 2. The predicted molar refractivity (Wildman–Crippen MR) is 160 cm³/mol. The molecule has 0 aliphatic carbocycles. The normalized spacial score (nSPS) is 12.8. The van der Waals surface area contributed by atoms with E-state index < -0.39 is 0 Å². The Hall–Kier alpha value is -4.86. The number of hydrogen-bond acceptors (Lipinski definition) is 6. The SMILES string of the molecule is CC.CNC(=O)n1ccc2cc(N(C)c3ccnc(NC(=O)c4ccc(N5CCN(C=O)CC5)cc4)c3)ccc21. The molecule has 1 aliphatic rings. The van der Waals surface area contributed by atoms with Crippen LogP contribution in [0.3, 0.4) is 0 Å². The van der Waals surface area contributed by atoms with E-state index in [4.69, 9.17) is 0 Å². The first-order valence-electron chi connectivity index (χ1n) is 13.4. The van der Waals surface area contributed by atoms with Crippen LogP contribution in [0.1, 0.15) is 24.2 Å². The second-order valence-electron chi connectivity index (χ2n) is 9.07. The molecule has 2 N–H and O–H groups in total. The zero-order valence-corrected chi connectivity index (χ0v) is 23.3. The van der Waals surface area contributed by atoms with Gasteiger partial charge in [-0.1, -0.05) is 13.8 Å². The van der Waals surface area contributed by atoms with E-state index >= 15 is 0 Å². The molecule has 0 radical (unpaired) electrons. The Kier molecular flexibility index (Phi) is 9.00. The molecule has 1 aliphatic heterocycles. The van der Waals surface area contributed by atoms with E-state index in [9.17, 15) is 14.4 Å². The maximum absolute atomic E-state index is 12.9. The lowest BCUT2D eigenvalue weighted by molar-refractivity contribution is -0.118. The third-order valence-electron chi connectivity index (χ3n) is 6.82. The molecule has 2 aromatic heterocycles. The quantitative estimate of drug-likeness (QED) is 0.347. The number of carbonyl (C=O) groups excluding carboxylic acids is 3. The summed E-state index contributed by atoms with van der Waals surface area (Å²) >= 11 is 0. The smallest absolute Gasteiger partial charge is 0.325 e. The molecule has 10 heteroatoms. The van der Waals surface area contributed by atoms with Gasteiger partial charge < -0.3 is 25.3 Å². The fraction of sp³-hybridized carbons (Fsp3) is 0.267. The van der Waals surface area contributed by atoms with Crippen LogP contribution in [0, 0.1) is 0 Å². The minimum atomic E-state index is -0.244. The van der Waals surface area contributed by atoms with Gasteiger partial charge in [-0.2, -0.15) is 0 Å². The molecule has 208 valence electrons. The zero-order chi connectivity index (χ0) is 28.6. The summed E-state index contributed by atoms with van der Waals surface area (Å²) in [4.78, 5) is 46.2. The molecule has 4 aromatic rings. The molecule has 0 bridgehead atoms. The Balaban J connectivity index is 0.00000181. The molecule has 5 rings (SSSR count). The number of fused-ring (bicyclic) bond motifs is 1. The second kappa shape index (κ2) is 12.8. The monoisotopic (exact) mass is 541 g/mol. The Morgan fingerprint density at radius 2 is 1.62 bits per heavy atom. The summed E-state index contributed by atoms with van der Waals surface area (Å²) in [5.41, 5.74) is 4.16. The van der Waals surface area contributed by atoms with Crippen molar-refractivity contribution in [3.63, 3.8) is 0 Å². The Morgan fingerprint density at radius 1 is 0.925 bits per heavy atom. The van der Waals surface area contributed by atoms with E-state index in [1.165, 1.54) is 0 Å². The molecule has 3 heterocycles. The summed E-state index contributed by atoms with van der Waals surface area (Å²) in [6, 6.07) is 18.7. The van der Waals surface area contributed by atoms with Crippen molar-refractivity contribution in [2.24, 2.45) is 0 Å². The van der Waals surface area contributed by atoms with Crippen molar-refractivity contribution in [1.82, 2.24) is 19.8 Å². The highest BCUT2D eigenvalue weighted by Crippen LogP contribution is 2.29. The fourth-order valence-electron chi connectivity index (χ4n) is 4.58. The number of anilines is 4. The fourth-order valence-corrected chi connectivity index (χ4v) is 4.58. The molecule has 1 fully saturated rings. The Labute approximate surface area is 234 Å². The van der Waals surface area contributed by atoms with Gasteiger partial charge in [0.15, 0.2) is 0 Å². The standard InChI is InChI=1S/C28H29N7O3.C2H6/c1-29-28(38)35-12-10-21-17-23(7-8-25(21)35)32(2)24-9-11-30-26(18-24)31-27(37)20-3-5-22(6-4-20)34-15-13-33(19-36)14-16-34;1-2/h3-12,17-19H,13-16H2,1-2H3,(H,29,38)(H,30,31,37);1-2H3. The number of amides is 3. The van der Waals surface area contributed by atoms with Crippen molar-refractivity contribution in [3.8, 4) is 0 Å². The maximum Gasteiger partial charge on any atom is 0.325 e. The average molecular weight is 542 g/mol. The Morgan fingerprint density at radius 3 is 2.30 bits per heavy atom. The van der Waals surface area contributed by atoms with Crippen LogP contribution in [0.25, 0.3) is 10.9 Å². The molecular weight excluding hydrogens is 506 g/mol. The highest BCUT2D eigenvalue weighted by Gasteiger charge is 2.17. The maximum atomic E-state index is 12.9. The molecule has 40 heavy (non-hydrogen) atoms. The van der Waals surface area contributed by atoms with Gasteiger partial charge in [0.2, 0.25) is 6.41 Å². The lowest BCUT2D eigenvalue weighted by Crippen LogP contribution is -2.45. The highest BCUT2D eigenvalue weighted by atomic mass is 16.2. The van der Waals surface area contributed by atoms with Crippen molar-refractivity contribution >= 4 is 52.1 Å². The number of rotatable bonds is 6. The van der Waals surface area contributed by atoms with Crippen LogP contribution < -0.4 is 20.4 Å². The number of benzene rings is 2. The van der Waals surface area contributed by atoms with Crippen LogP contribution in [-0.2, 0) is 4.79 Å². The minimum Gasteiger partial charge on any atom is -0.368 e. The van der Waals surface area contributed by atoms with Crippen LogP contribution in [0.5, 0.6) is 0 Å². The largest absolute Gasteiger partial charge is 0.368 e. The summed E-state index contributed by atoms with van der Waals surface area (Å²) in [7, 11) is 3.54. The van der Waals surface area contributed by atoms with Gasteiger partial charge in [-0.3, -0.25) is 14.2 Å². The summed E-state index contributed by atoms with van der Waals surface area (Å²) in [5.74, 6) is 0.201. The van der Waals surface area contributed by atoms with E-state index in [0.717, 1.165) is 47.5 Å². The first-order chi connectivity index (χ1) is 19.5. The molecule has 3 amide bonds. The molecular formula is C30H35N7O3. The molecule has 0 spiro atoms. The number of piperazine rings is 1. The van der Waals surface area contributed by atoms with E-state index in [0.29, 0.717) is 24.5 Å². The number of pyridine rings is 1. The zero-order valence-electron chi connectivity index (χ0n) is 23.3. The van der Waals surface area contributed by atoms with Crippen molar-refractivity contribution in [3.05, 3.63) is 78.6 Å². The first-order valence-corrected chi connectivity index (χ1v) is 13.4. The van der Waals surface area contributed by atoms with Crippen molar-refractivity contribution in [2.45, 2.75) is 13.8 Å². The van der Waals surface area contributed by atoms with Crippen LogP contribution in [0.4, 0.5) is 27.7 Å². The van der Waals surface area contributed by atoms with E-state index in [1.54, 1.807) is 41.0 Å². The average Bonchev–Trinajstić information content (AvgIpc) is 3.45. The van der Waals surface area contributed by atoms with E-state index in [1.807, 2.05) is 74.3 Å². The predicted octanol–water partition coefficient (Wildman–Crippen LogP) is 4.55. The van der Waals surface area contributed by atoms with Gasteiger partial charge >= 0.3 is 6.03 Å². The van der Waals surface area contributed by atoms with Crippen molar-refractivity contribution in [2.75, 3.05) is 55.4 Å². The molecule has 0 unspecified atom stereocenters. The Bertz CT molecular complexity index is 1470. The van der Waals surface area contributed by atoms with Crippen LogP contribution in [0.2, 0.25) is 0 Å². The van der Waals surface area contributed by atoms with Gasteiger partial charge in [0, 0.05) is 86.7 Å². The van der Waals surface area contributed by atoms with E-state index in [2.05, 4.69) is 20.5 Å². The van der Waals surface area contributed by atoms with E-state index in [-0.39, 0.29) is 11.9 Å². The number of hydrogen-bond donors (Lipinski definition) is 2. The van der Waals surface area contributed by atoms with Gasteiger partial charge in [0.05, 0.1) is 5.52 Å². The number of aromatic nitrogens is 2. The lowest BCUT2D eigenvalue weighted by Gasteiger charge is -2.34. The number of carbonyl (C=O) groups is 3.